The number of rotatable bonds is 5. The fourth-order valence-electron chi connectivity index (χ4n) is 1.80. The van der Waals surface area contributed by atoms with Gasteiger partial charge in [-0.05, 0) is 18.2 Å². The van der Waals surface area contributed by atoms with Gasteiger partial charge in [0.15, 0.2) is 0 Å². The summed E-state index contributed by atoms with van der Waals surface area (Å²) in [5, 5.41) is 13.8. The summed E-state index contributed by atoms with van der Waals surface area (Å²) >= 11 is 1.16. The number of para-hydroxylation sites is 1. The molecule has 2 aromatic rings. The molecule has 112 valence electrons. The maximum absolute atomic E-state index is 11.2. The predicted molar refractivity (Wildman–Crippen MR) is 83.4 cm³/mol. The van der Waals surface area contributed by atoms with Gasteiger partial charge < -0.3 is 5.32 Å². The molecule has 1 amide bonds. The van der Waals surface area contributed by atoms with Gasteiger partial charge in [0.1, 0.15) is 6.29 Å². The third-order valence-electron chi connectivity index (χ3n) is 2.73. The van der Waals surface area contributed by atoms with Gasteiger partial charge in [0, 0.05) is 23.4 Å². The highest BCUT2D eigenvalue weighted by Gasteiger charge is 2.17. The third kappa shape index (κ3) is 3.70. The summed E-state index contributed by atoms with van der Waals surface area (Å²) in [6, 6.07) is 11.3. The first-order valence-electron chi connectivity index (χ1n) is 6.29. The zero-order chi connectivity index (χ0) is 16.1. The van der Waals surface area contributed by atoms with Crippen LogP contribution in [0.3, 0.4) is 0 Å². The lowest BCUT2D eigenvalue weighted by Crippen LogP contribution is -2.06. The minimum Gasteiger partial charge on any atom is -0.325 e. The number of carbonyl (C=O) groups is 2. The van der Waals surface area contributed by atoms with Crippen molar-refractivity contribution in [3.63, 3.8) is 0 Å². The highest BCUT2D eigenvalue weighted by atomic mass is 32.2. The van der Waals surface area contributed by atoms with Crippen LogP contribution >= 0.6 is 11.8 Å². The van der Waals surface area contributed by atoms with E-state index in [0.717, 1.165) is 11.8 Å². The fraction of sp³-hybridized carbons (Fsp3) is 0.0667. The van der Waals surface area contributed by atoms with Crippen molar-refractivity contribution < 1.29 is 14.5 Å². The van der Waals surface area contributed by atoms with Gasteiger partial charge in [-0.25, -0.2) is 0 Å². The Kier molecular flexibility index (Phi) is 4.90. The summed E-state index contributed by atoms with van der Waals surface area (Å²) in [5.74, 6) is -0.223. The predicted octanol–water partition coefficient (Wildman–Crippen LogP) is 3.52. The Bertz CT molecular complexity index is 746. The van der Waals surface area contributed by atoms with Crippen molar-refractivity contribution in [2.45, 2.75) is 16.7 Å². The second-order valence-corrected chi connectivity index (χ2v) is 5.47. The molecule has 0 aliphatic rings. The maximum atomic E-state index is 11.2. The lowest BCUT2D eigenvalue weighted by Gasteiger charge is -2.09. The minimum absolute atomic E-state index is 0.146. The second kappa shape index (κ2) is 6.86. The van der Waals surface area contributed by atoms with Crippen LogP contribution in [-0.4, -0.2) is 17.1 Å². The lowest BCUT2D eigenvalue weighted by molar-refractivity contribution is -0.387. The van der Waals surface area contributed by atoms with Crippen molar-refractivity contribution >= 4 is 35.3 Å². The van der Waals surface area contributed by atoms with Gasteiger partial charge in [-0.2, -0.15) is 0 Å². The molecule has 0 radical (unpaired) electrons. The zero-order valence-electron chi connectivity index (χ0n) is 11.6. The first-order chi connectivity index (χ1) is 10.5. The normalized spacial score (nSPS) is 10.0. The van der Waals surface area contributed by atoms with Crippen LogP contribution in [0.2, 0.25) is 0 Å². The largest absolute Gasteiger partial charge is 0.325 e. The van der Waals surface area contributed by atoms with Crippen LogP contribution in [0.25, 0.3) is 0 Å². The monoisotopic (exact) mass is 316 g/mol. The van der Waals surface area contributed by atoms with E-state index in [1.165, 1.54) is 25.1 Å². The Morgan fingerprint density at radius 2 is 1.95 bits per heavy atom. The van der Waals surface area contributed by atoms with Crippen molar-refractivity contribution in [1.29, 1.82) is 0 Å². The number of nitrogens with one attached hydrogen (secondary N) is 1. The van der Waals surface area contributed by atoms with Crippen LogP contribution in [0.5, 0.6) is 0 Å². The van der Waals surface area contributed by atoms with Gasteiger partial charge in [0.05, 0.1) is 15.5 Å². The maximum Gasteiger partial charge on any atom is 0.283 e. The Hall–Kier alpha value is -2.67. The van der Waals surface area contributed by atoms with Gasteiger partial charge in [0.2, 0.25) is 5.91 Å². The molecule has 22 heavy (non-hydrogen) atoms. The number of hydrogen-bond acceptors (Lipinski definition) is 5. The minimum atomic E-state index is -0.531. The number of anilines is 1. The van der Waals surface area contributed by atoms with Crippen molar-refractivity contribution in [2.75, 3.05) is 5.32 Å². The summed E-state index contributed by atoms with van der Waals surface area (Å²) in [5.41, 5.74) is 0.673. The van der Waals surface area contributed by atoms with Crippen molar-refractivity contribution in [1.82, 2.24) is 0 Å². The number of carbonyl (C=O) groups excluding carboxylic acids is 2. The molecule has 0 spiro atoms. The summed E-state index contributed by atoms with van der Waals surface area (Å²) in [7, 11) is 0. The number of amides is 1. The summed E-state index contributed by atoms with van der Waals surface area (Å²) in [6.07, 6.45) is 0.562. The van der Waals surface area contributed by atoms with E-state index in [4.69, 9.17) is 0 Å². The lowest BCUT2D eigenvalue weighted by atomic mass is 10.2. The van der Waals surface area contributed by atoms with E-state index >= 15 is 0 Å². The van der Waals surface area contributed by atoms with Crippen LogP contribution in [0.4, 0.5) is 11.4 Å². The van der Waals surface area contributed by atoms with Crippen LogP contribution < -0.4 is 5.32 Å². The van der Waals surface area contributed by atoms with E-state index in [1.807, 2.05) is 0 Å². The van der Waals surface area contributed by atoms with Gasteiger partial charge in [-0.1, -0.05) is 30.0 Å². The van der Waals surface area contributed by atoms with E-state index in [0.29, 0.717) is 21.8 Å². The molecule has 0 heterocycles. The van der Waals surface area contributed by atoms with Crippen molar-refractivity contribution in [3.05, 3.63) is 58.1 Å². The molecule has 7 heteroatoms. The second-order valence-electron chi connectivity index (χ2n) is 4.38. The molecule has 0 saturated carbocycles. The van der Waals surface area contributed by atoms with Gasteiger partial charge >= 0.3 is 0 Å². The smallest absolute Gasteiger partial charge is 0.283 e. The molecule has 0 aliphatic heterocycles. The fourth-order valence-corrected chi connectivity index (χ4v) is 2.79. The first kappa shape index (κ1) is 15.7. The van der Waals surface area contributed by atoms with Crippen LogP contribution in [0, 0.1) is 10.1 Å². The van der Waals surface area contributed by atoms with E-state index in [-0.39, 0.29) is 17.2 Å². The number of hydrogen-bond donors (Lipinski definition) is 1. The molecule has 0 fully saturated rings. The molecule has 2 rings (SSSR count). The summed E-state index contributed by atoms with van der Waals surface area (Å²) in [6.45, 7) is 1.39. The van der Waals surface area contributed by atoms with Gasteiger partial charge in [-0.15, -0.1) is 0 Å². The number of nitro benzene ring substituents is 1. The number of aldehydes is 1. The van der Waals surface area contributed by atoms with Crippen LogP contribution in [0.1, 0.15) is 17.3 Å². The molecule has 6 nitrogen and oxygen atoms in total. The van der Waals surface area contributed by atoms with Crippen molar-refractivity contribution in [3.8, 4) is 0 Å². The topological polar surface area (TPSA) is 89.3 Å². The highest BCUT2D eigenvalue weighted by molar-refractivity contribution is 7.99. The highest BCUT2D eigenvalue weighted by Crippen LogP contribution is 2.38. The Labute approximate surface area is 130 Å². The standard InChI is InChI=1S/C15H12N2O4S/c1-10(19)16-12-4-2-3-5-14(12)22-15-7-6-11(9-18)8-13(15)17(20)21/h2-9H,1H3,(H,16,19). The average molecular weight is 316 g/mol. The molecule has 0 aliphatic carbocycles. The Morgan fingerprint density at radius 1 is 1.23 bits per heavy atom. The third-order valence-corrected chi connectivity index (χ3v) is 3.87. The van der Waals surface area contributed by atoms with Gasteiger partial charge in [0.25, 0.3) is 5.69 Å². The molecule has 0 bridgehead atoms. The summed E-state index contributed by atoms with van der Waals surface area (Å²) < 4.78 is 0. The Balaban J connectivity index is 2.41. The van der Waals surface area contributed by atoms with Crippen LogP contribution in [-0.2, 0) is 4.79 Å². The van der Waals surface area contributed by atoms with E-state index < -0.39 is 4.92 Å². The quantitative estimate of drug-likeness (QED) is 0.518. The molecule has 2 aromatic carbocycles. The zero-order valence-corrected chi connectivity index (χ0v) is 12.4. The van der Waals surface area contributed by atoms with Crippen LogP contribution in [0.15, 0.2) is 52.3 Å². The molecule has 0 aromatic heterocycles. The molecule has 0 saturated heterocycles. The molecular weight excluding hydrogens is 304 g/mol. The van der Waals surface area contributed by atoms with Gasteiger partial charge in [-0.3, -0.25) is 19.7 Å². The first-order valence-corrected chi connectivity index (χ1v) is 7.11. The molecule has 0 atom stereocenters. The van der Waals surface area contributed by atoms with E-state index in [2.05, 4.69) is 5.32 Å². The number of nitro groups is 1. The molecule has 1 N–H and O–H groups in total. The number of nitrogens with zero attached hydrogens (tertiary/aromatic N) is 1. The van der Waals surface area contributed by atoms with Crippen molar-refractivity contribution in [2.24, 2.45) is 0 Å². The summed E-state index contributed by atoms with van der Waals surface area (Å²) in [4.78, 5) is 33.7. The van der Waals surface area contributed by atoms with E-state index in [9.17, 15) is 19.7 Å². The Morgan fingerprint density at radius 3 is 2.59 bits per heavy atom. The molecule has 0 unspecified atom stereocenters. The number of benzene rings is 2. The average Bonchev–Trinajstić information content (AvgIpc) is 2.49. The van der Waals surface area contributed by atoms with E-state index in [1.54, 1.807) is 24.3 Å². The molecular formula is C15H12N2O4S. The SMILES string of the molecule is CC(=O)Nc1ccccc1Sc1ccc(C=O)cc1[N+](=O)[O-].